The molecule has 0 saturated heterocycles. The van der Waals surface area contributed by atoms with Crippen LogP contribution in [0.25, 0.3) is 0 Å². The normalized spacial score (nSPS) is 17.2. The third-order valence-electron chi connectivity index (χ3n) is 2.59. The lowest BCUT2D eigenvalue weighted by molar-refractivity contribution is -0.115. The average Bonchev–Trinajstić information content (AvgIpc) is 2.47. The van der Waals surface area contributed by atoms with Gasteiger partial charge in [0.2, 0.25) is 0 Å². The Morgan fingerprint density at radius 2 is 2.17 bits per heavy atom. The second kappa shape index (κ2) is 4.44. The van der Waals surface area contributed by atoms with Gasteiger partial charge in [0.15, 0.2) is 5.78 Å². The molecule has 1 aliphatic rings. The molecule has 1 rings (SSSR count). The molecule has 0 aliphatic heterocycles. The lowest BCUT2D eigenvalue weighted by atomic mass is 10.0. The van der Waals surface area contributed by atoms with Crippen molar-refractivity contribution in [2.75, 3.05) is 0 Å². The highest BCUT2D eigenvalue weighted by molar-refractivity contribution is 5.96. The quantitative estimate of drug-likeness (QED) is 0.626. The summed E-state index contributed by atoms with van der Waals surface area (Å²) in [6, 6.07) is 0. The van der Waals surface area contributed by atoms with E-state index in [2.05, 4.69) is 13.8 Å². The second-order valence-corrected chi connectivity index (χ2v) is 3.64. The van der Waals surface area contributed by atoms with Crippen LogP contribution in [0.15, 0.2) is 11.1 Å². The Balaban J connectivity index is 2.46. The van der Waals surface area contributed by atoms with E-state index in [1.165, 1.54) is 12.0 Å². The summed E-state index contributed by atoms with van der Waals surface area (Å²) in [5.41, 5.74) is 2.49. The molecule has 0 spiro atoms. The third-order valence-corrected chi connectivity index (χ3v) is 2.59. The molecule has 0 aromatic rings. The molecule has 1 aliphatic carbocycles. The number of carbonyl (C=O) groups excluding carboxylic acids is 1. The van der Waals surface area contributed by atoms with Crippen molar-refractivity contribution in [3.8, 4) is 0 Å². The van der Waals surface area contributed by atoms with Gasteiger partial charge in [-0.15, -0.1) is 0 Å². The van der Waals surface area contributed by atoms with E-state index in [-0.39, 0.29) is 0 Å². The van der Waals surface area contributed by atoms with E-state index in [9.17, 15) is 4.79 Å². The predicted octanol–water partition coefficient (Wildman–Crippen LogP) is 3.25. The molecule has 0 aromatic carbocycles. The van der Waals surface area contributed by atoms with Gasteiger partial charge in [-0.25, -0.2) is 0 Å². The van der Waals surface area contributed by atoms with Crippen LogP contribution in [-0.2, 0) is 4.79 Å². The number of Topliss-reactive ketones (excluding diaryl/α,β-unsaturated/α-hetero) is 1. The molecule has 1 heteroatoms. The fourth-order valence-corrected chi connectivity index (χ4v) is 1.76. The minimum atomic E-state index is 0.409. The van der Waals surface area contributed by atoms with Gasteiger partial charge in [0.25, 0.3) is 0 Å². The van der Waals surface area contributed by atoms with Crippen molar-refractivity contribution in [1.82, 2.24) is 0 Å². The molecule has 0 radical (unpaired) electrons. The van der Waals surface area contributed by atoms with Gasteiger partial charge in [-0.3, -0.25) is 4.79 Å². The van der Waals surface area contributed by atoms with E-state index in [1.807, 2.05) is 0 Å². The number of hydrogen-bond acceptors (Lipinski definition) is 1. The first-order valence-corrected chi connectivity index (χ1v) is 4.97. The van der Waals surface area contributed by atoms with Gasteiger partial charge in [-0.05, 0) is 38.2 Å². The molecule has 0 aromatic heterocycles. The van der Waals surface area contributed by atoms with Gasteiger partial charge in [-0.2, -0.15) is 0 Å². The van der Waals surface area contributed by atoms with Crippen LogP contribution in [0.3, 0.4) is 0 Å². The SMILES string of the molecule is CCCCC(=O)C1=C(C)CCC1. The van der Waals surface area contributed by atoms with Crippen molar-refractivity contribution in [3.05, 3.63) is 11.1 Å². The summed E-state index contributed by atoms with van der Waals surface area (Å²) in [5, 5.41) is 0. The molecular weight excluding hydrogens is 148 g/mol. The van der Waals surface area contributed by atoms with Gasteiger partial charge in [0.1, 0.15) is 0 Å². The standard InChI is InChI=1S/C11H18O/c1-3-4-8-11(12)10-7-5-6-9(10)2/h3-8H2,1-2H3. The van der Waals surface area contributed by atoms with Gasteiger partial charge >= 0.3 is 0 Å². The van der Waals surface area contributed by atoms with Gasteiger partial charge in [-0.1, -0.05) is 18.9 Å². The summed E-state index contributed by atoms with van der Waals surface area (Å²) in [6.45, 7) is 4.23. The first-order chi connectivity index (χ1) is 5.75. The van der Waals surface area contributed by atoms with Gasteiger partial charge in [0.05, 0.1) is 0 Å². The van der Waals surface area contributed by atoms with Crippen LogP contribution in [0.1, 0.15) is 52.4 Å². The molecule has 0 atom stereocenters. The van der Waals surface area contributed by atoms with Crippen molar-refractivity contribution >= 4 is 5.78 Å². The zero-order valence-corrected chi connectivity index (χ0v) is 8.15. The highest BCUT2D eigenvalue weighted by atomic mass is 16.1. The first-order valence-electron chi connectivity index (χ1n) is 4.97. The van der Waals surface area contributed by atoms with E-state index >= 15 is 0 Å². The smallest absolute Gasteiger partial charge is 0.158 e. The lowest BCUT2D eigenvalue weighted by Crippen LogP contribution is -2.01. The van der Waals surface area contributed by atoms with Crippen LogP contribution in [0, 0.1) is 0 Å². The number of rotatable bonds is 4. The molecule has 0 bridgehead atoms. The maximum atomic E-state index is 11.6. The zero-order chi connectivity index (χ0) is 8.97. The minimum absolute atomic E-state index is 0.409. The molecule has 1 nitrogen and oxygen atoms in total. The fourth-order valence-electron chi connectivity index (χ4n) is 1.76. The minimum Gasteiger partial charge on any atom is -0.295 e. The van der Waals surface area contributed by atoms with E-state index in [4.69, 9.17) is 0 Å². The van der Waals surface area contributed by atoms with Crippen LogP contribution in [-0.4, -0.2) is 5.78 Å². The Hall–Kier alpha value is -0.590. The van der Waals surface area contributed by atoms with Crippen molar-refractivity contribution in [1.29, 1.82) is 0 Å². The van der Waals surface area contributed by atoms with Crippen molar-refractivity contribution in [2.24, 2.45) is 0 Å². The molecule has 0 saturated carbocycles. The summed E-state index contributed by atoms with van der Waals surface area (Å²) in [5.74, 6) is 0.409. The largest absolute Gasteiger partial charge is 0.295 e. The summed E-state index contributed by atoms with van der Waals surface area (Å²) in [4.78, 5) is 11.6. The third kappa shape index (κ3) is 2.20. The topological polar surface area (TPSA) is 17.1 Å². The molecule has 0 amide bonds. The maximum absolute atomic E-state index is 11.6. The van der Waals surface area contributed by atoms with Gasteiger partial charge < -0.3 is 0 Å². The number of hydrogen-bond donors (Lipinski definition) is 0. The average molecular weight is 166 g/mol. The molecule has 0 unspecified atom stereocenters. The molecule has 0 N–H and O–H groups in total. The predicted molar refractivity (Wildman–Crippen MR) is 51.1 cm³/mol. The lowest BCUT2D eigenvalue weighted by Gasteiger charge is -2.01. The molecule has 68 valence electrons. The van der Waals surface area contributed by atoms with Crippen LogP contribution < -0.4 is 0 Å². The van der Waals surface area contributed by atoms with Gasteiger partial charge in [0, 0.05) is 6.42 Å². The number of unbranched alkanes of at least 4 members (excludes halogenated alkanes) is 1. The Bertz CT molecular complexity index is 201. The van der Waals surface area contributed by atoms with Crippen LogP contribution in [0.2, 0.25) is 0 Å². The molecule has 0 heterocycles. The van der Waals surface area contributed by atoms with Crippen molar-refractivity contribution < 1.29 is 4.79 Å². The number of ketones is 1. The molecule has 12 heavy (non-hydrogen) atoms. The highest BCUT2D eigenvalue weighted by Gasteiger charge is 2.16. The molecule has 0 fully saturated rings. The maximum Gasteiger partial charge on any atom is 0.158 e. The second-order valence-electron chi connectivity index (χ2n) is 3.64. The Labute approximate surface area is 74.9 Å². The summed E-state index contributed by atoms with van der Waals surface area (Å²) in [6.07, 6.45) is 6.32. The number of carbonyl (C=O) groups is 1. The zero-order valence-electron chi connectivity index (χ0n) is 8.15. The molecular formula is C11H18O. The number of allylic oxidation sites excluding steroid dienone is 2. The Kier molecular flexibility index (Phi) is 3.51. The van der Waals surface area contributed by atoms with E-state index in [0.717, 1.165) is 37.7 Å². The van der Waals surface area contributed by atoms with Crippen LogP contribution in [0.5, 0.6) is 0 Å². The summed E-state index contributed by atoms with van der Waals surface area (Å²) >= 11 is 0. The van der Waals surface area contributed by atoms with E-state index < -0.39 is 0 Å². The van der Waals surface area contributed by atoms with E-state index in [0.29, 0.717) is 5.78 Å². The van der Waals surface area contributed by atoms with Crippen LogP contribution in [0.4, 0.5) is 0 Å². The monoisotopic (exact) mass is 166 g/mol. The highest BCUT2D eigenvalue weighted by Crippen LogP contribution is 2.27. The van der Waals surface area contributed by atoms with Crippen LogP contribution >= 0.6 is 0 Å². The summed E-state index contributed by atoms with van der Waals surface area (Å²) in [7, 11) is 0. The Morgan fingerprint density at radius 3 is 2.67 bits per heavy atom. The fraction of sp³-hybridized carbons (Fsp3) is 0.727. The summed E-state index contributed by atoms with van der Waals surface area (Å²) < 4.78 is 0. The Morgan fingerprint density at radius 1 is 1.42 bits per heavy atom. The van der Waals surface area contributed by atoms with Crippen molar-refractivity contribution in [3.63, 3.8) is 0 Å². The van der Waals surface area contributed by atoms with Crippen molar-refractivity contribution in [2.45, 2.75) is 52.4 Å². The first kappa shape index (κ1) is 9.50. The van der Waals surface area contributed by atoms with E-state index in [1.54, 1.807) is 0 Å².